The number of nitrogens with one attached hydrogen (secondary N) is 1. The van der Waals surface area contributed by atoms with Gasteiger partial charge in [0, 0.05) is 25.3 Å². The summed E-state index contributed by atoms with van der Waals surface area (Å²) < 4.78 is 10.3. The third-order valence-corrected chi connectivity index (χ3v) is 7.58. The number of carbonyl (C=O) groups excluding carboxylic acids is 7. The van der Waals surface area contributed by atoms with E-state index in [-0.39, 0.29) is 42.2 Å². The Balaban J connectivity index is 2.86. The molecule has 2 amide bonds. The van der Waals surface area contributed by atoms with Crippen LogP contribution in [0.5, 0.6) is 0 Å². The maximum Gasteiger partial charge on any atom is 0.347 e. The lowest BCUT2D eigenvalue weighted by Crippen LogP contribution is -2.49. The van der Waals surface area contributed by atoms with Gasteiger partial charge in [0.2, 0.25) is 11.8 Å². The van der Waals surface area contributed by atoms with Gasteiger partial charge < -0.3 is 25.4 Å². The van der Waals surface area contributed by atoms with Crippen molar-refractivity contribution in [1.29, 1.82) is 0 Å². The zero-order valence-electron chi connectivity index (χ0n) is 26.4. The zero-order chi connectivity index (χ0) is 32.5. The number of carbonyl (C=O) groups is 7. The summed E-state index contributed by atoms with van der Waals surface area (Å²) in [7, 11) is 0. The van der Waals surface area contributed by atoms with E-state index in [4.69, 9.17) is 15.2 Å². The van der Waals surface area contributed by atoms with E-state index in [1.165, 1.54) is 25.7 Å². The summed E-state index contributed by atoms with van der Waals surface area (Å²) in [5, 5.41) is 2.74. The lowest BCUT2D eigenvalue weighted by atomic mass is 9.86. The molecule has 0 aromatic heterocycles. The first-order valence-electron chi connectivity index (χ1n) is 14.7. The van der Waals surface area contributed by atoms with Gasteiger partial charge in [0.25, 0.3) is 0 Å². The third-order valence-electron chi connectivity index (χ3n) is 7.58. The molecule has 0 spiro atoms. The van der Waals surface area contributed by atoms with Crippen molar-refractivity contribution in [2.24, 2.45) is 29.4 Å². The Morgan fingerprint density at radius 2 is 1.40 bits per heavy atom. The Hall–Kier alpha value is -3.15. The highest BCUT2D eigenvalue weighted by atomic mass is 16.6. The quantitative estimate of drug-likeness (QED) is 0.250. The van der Waals surface area contributed by atoms with Crippen molar-refractivity contribution in [1.82, 2.24) is 10.2 Å². The molecule has 1 fully saturated rings. The highest BCUT2D eigenvalue weighted by molar-refractivity contribution is 5.96. The Morgan fingerprint density at radius 3 is 1.90 bits per heavy atom. The zero-order valence-corrected chi connectivity index (χ0v) is 26.4. The van der Waals surface area contributed by atoms with Gasteiger partial charge in [-0.1, -0.05) is 34.6 Å². The van der Waals surface area contributed by atoms with E-state index in [9.17, 15) is 33.6 Å². The van der Waals surface area contributed by atoms with Crippen LogP contribution in [0.4, 0.5) is 0 Å². The average Bonchev–Trinajstić information content (AvgIpc) is 3.38. The third kappa shape index (κ3) is 10.6. The summed E-state index contributed by atoms with van der Waals surface area (Å²) in [6.45, 7) is 14.6. The molecule has 1 rings (SSSR count). The highest BCUT2D eigenvalue weighted by Crippen LogP contribution is 2.23. The molecule has 12 heteroatoms. The topological polar surface area (TPSA) is 179 Å². The minimum Gasteiger partial charge on any atom is -0.452 e. The fourth-order valence-corrected chi connectivity index (χ4v) is 4.67. The van der Waals surface area contributed by atoms with Crippen molar-refractivity contribution < 1.29 is 43.0 Å². The number of nitrogens with two attached hydrogens (primary N) is 1. The summed E-state index contributed by atoms with van der Waals surface area (Å²) >= 11 is 0. The van der Waals surface area contributed by atoms with Crippen LogP contribution in [0.25, 0.3) is 0 Å². The first kappa shape index (κ1) is 36.9. The molecule has 42 heavy (non-hydrogen) atoms. The summed E-state index contributed by atoms with van der Waals surface area (Å²) in [5.41, 5.74) is 5.72. The van der Waals surface area contributed by atoms with Gasteiger partial charge in [-0.25, -0.2) is 4.79 Å². The number of Topliss-reactive ketones (excluding diaryl/α,β-unsaturated/α-hetero) is 3. The van der Waals surface area contributed by atoms with E-state index in [0.29, 0.717) is 19.4 Å². The summed E-state index contributed by atoms with van der Waals surface area (Å²) in [6, 6.07) is -2.27. The molecule has 0 aromatic rings. The minimum absolute atomic E-state index is 0.102. The first-order valence-corrected chi connectivity index (χ1v) is 14.7. The number of nitrogens with zero attached hydrogens (tertiary/aromatic N) is 1. The molecular weight excluding hydrogens is 546 g/mol. The van der Waals surface area contributed by atoms with E-state index in [2.05, 4.69) is 5.32 Å². The van der Waals surface area contributed by atoms with Crippen molar-refractivity contribution in [2.75, 3.05) is 6.54 Å². The maximum atomic E-state index is 13.3. The predicted octanol–water partition coefficient (Wildman–Crippen LogP) is 1.74. The number of ketones is 3. The Morgan fingerprint density at radius 1 is 0.833 bits per heavy atom. The lowest BCUT2D eigenvalue weighted by molar-refractivity contribution is -0.174. The molecule has 0 aromatic carbocycles. The fraction of sp³-hybridized carbons (Fsp3) is 0.767. The van der Waals surface area contributed by atoms with Gasteiger partial charge in [0.1, 0.15) is 0 Å². The van der Waals surface area contributed by atoms with Crippen LogP contribution in [0, 0.1) is 23.7 Å². The molecule has 1 heterocycles. The van der Waals surface area contributed by atoms with Crippen LogP contribution in [-0.4, -0.2) is 82.9 Å². The Kier molecular flexibility index (Phi) is 14.5. The van der Waals surface area contributed by atoms with Crippen molar-refractivity contribution in [3.63, 3.8) is 0 Å². The molecule has 1 aliphatic heterocycles. The molecule has 0 saturated carbocycles. The average molecular weight is 596 g/mol. The maximum absolute atomic E-state index is 13.3. The van der Waals surface area contributed by atoms with E-state index in [1.807, 2.05) is 0 Å². The second-order valence-electron chi connectivity index (χ2n) is 12.1. The molecular formula is C30H49N3O9. The van der Waals surface area contributed by atoms with Gasteiger partial charge in [-0.2, -0.15) is 0 Å². The van der Waals surface area contributed by atoms with E-state index in [1.54, 1.807) is 41.5 Å². The number of rotatable bonds is 16. The highest BCUT2D eigenvalue weighted by Gasteiger charge is 2.37. The van der Waals surface area contributed by atoms with Crippen molar-refractivity contribution in [3.05, 3.63) is 0 Å². The SMILES string of the molecule is CC(=O)C(C)OC(=O)C(C)OC(=O)C(CC(=O)C(NC(=O)C(C)CC(=O)C1CCCN1C(=O)C(C)N)C(C)C)C(C)C. The number of ether oxygens (including phenoxy) is 2. The van der Waals surface area contributed by atoms with Gasteiger partial charge in [-0.3, -0.25) is 28.8 Å². The van der Waals surface area contributed by atoms with Crippen molar-refractivity contribution in [2.45, 2.75) is 118 Å². The number of amides is 2. The number of likely N-dealkylation sites (tertiary alicyclic amines) is 1. The summed E-state index contributed by atoms with van der Waals surface area (Å²) in [5.74, 6) is -5.71. The van der Waals surface area contributed by atoms with Gasteiger partial charge in [-0.15, -0.1) is 0 Å². The molecule has 12 nitrogen and oxygen atoms in total. The van der Waals surface area contributed by atoms with Crippen LogP contribution in [-0.2, 0) is 43.0 Å². The second-order valence-corrected chi connectivity index (χ2v) is 12.1. The van der Waals surface area contributed by atoms with Crippen molar-refractivity contribution in [3.8, 4) is 0 Å². The molecule has 0 radical (unpaired) electrons. The van der Waals surface area contributed by atoms with Gasteiger partial charge in [0.15, 0.2) is 29.6 Å². The van der Waals surface area contributed by atoms with Crippen LogP contribution in [0.1, 0.15) is 88.0 Å². The summed E-state index contributed by atoms with van der Waals surface area (Å²) in [6.07, 6.45) is -1.42. The first-order chi connectivity index (χ1) is 19.4. The summed E-state index contributed by atoms with van der Waals surface area (Å²) in [4.78, 5) is 89.8. The minimum atomic E-state index is -1.28. The number of hydrogen-bond acceptors (Lipinski definition) is 10. The van der Waals surface area contributed by atoms with Crippen LogP contribution in [0.15, 0.2) is 0 Å². The smallest absolute Gasteiger partial charge is 0.347 e. The van der Waals surface area contributed by atoms with Crippen LogP contribution < -0.4 is 11.1 Å². The van der Waals surface area contributed by atoms with E-state index in [0.717, 1.165) is 0 Å². The van der Waals surface area contributed by atoms with Crippen LogP contribution in [0.3, 0.4) is 0 Å². The fourth-order valence-electron chi connectivity index (χ4n) is 4.67. The largest absolute Gasteiger partial charge is 0.452 e. The molecule has 7 atom stereocenters. The molecule has 3 N–H and O–H groups in total. The van der Waals surface area contributed by atoms with E-state index >= 15 is 0 Å². The predicted molar refractivity (Wildman–Crippen MR) is 154 cm³/mol. The Labute approximate surface area is 248 Å². The van der Waals surface area contributed by atoms with E-state index < -0.39 is 65.8 Å². The number of hydrogen-bond donors (Lipinski definition) is 2. The van der Waals surface area contributed by atoms with Crippen LogP contribution >= 0.6 is 0 Å². The van der Waals surface area contributed by atoms with Gasteiger partial charge in [-0.05, 0) is 52.4 Å². The standard InChI is InChI=1S/C30H49N3O9/c1-15(2)22(30(40)42-21(9)29(39)41-20(8)19(7)34)14-25(36)26(16(3)4)32-27(37)17(5)13-24(35)23-11-10-12-33(23)28(38)18(6)31/h15-18,20-23,26H,10-14,31H2,1-9H3,(H,32,37). The van der Waals surface area contributed by atoms with Crippen molar-refractivity contribution >= 4 is 41.1 Å². The molecule has 0 aliphatic carbocycles. The lowest BCUT2D eigenvalue weighted by Gasteiger charge is -2.28. The normalized spacial score (nSPS) is 19.3. The second kappa shape index (κ2) is 16.5. The molecule has 1 saturated heterocycles. The Bertz CT molecular complexity index is 1020. The monoisotopic (exact) mass is 595 g/mol. The molecule has 0 bridgehead atoms. The van der Waals surface area contributed by atoms with Crippen LogP contribution in [0.2, 0.25) is 0 Å². The number of esters is 2. The van der Waals surface area contributed by atoms with Gasteiger partial charge in [0.05, 0.1) is 24.0 Å². The van der Waals surface area contributed by atoms with Gasteiger partial charge >= 0.3 is 11.9 Å². The molecule has 1 aliphatic rings. The molecule has 238 valence electrons. The molecule has 7 unspecified atom stereocenters.